The fourth-order valence-corrected chi connectivity index (χ4v) is 4.85. The van der Waals surface area contributed by atoms with Crippen LogP contribution in [0.4, 0.5) is 0 Å². The van der Waals surface area contributed by atoms with Gasteiger partial charge in [0.25, 0.3) is 0 Å². The van der Waals surface area contributed by atoms with Gasteiger partial charge in [0.1, 0.15) is 0 Å². The average Bonchev–Trinajstić information content (AvgIpc) is 3.05. The molecule has 3 nitrogen and oxygen atoms in total. The normalized spacial score (nSPS) is 32.8. The highest BCUT2D eigenvalue weighted by molar-refractivity contribution is 7.16. The molecule has 1 heterocycles. The van der Waals surface area contributed by atoms with Crippen LogP contribution in [0.2, 0.25) is 4.34 Å². The van der Waals surface area contributed by atoms with Crippen LogP contribution >= 0.6 is 22.9 Å². The van der Waals surface area contributed by atoms with Crippen molar-refractivity contribution in [3.8, 4) is 0 Å². The number of carbonyl (C=O) groups excluding carboxylic acids is 1. The molecule has 0 saturated heterocycles. The zero-order valence-corrected chi connectivity index (χ0v) is 12.6. The molecule has 19 heavy (non-hydrogen) atoms. The molecule has 0 spiro atoms. The first-order valence-corrected chi connectivity index (χ1v) is 8.00. The van der Waals surface area contributed by atoms with E-state index in [9.17, 15) is 4.79 Å². The fraction of sp³-hybridized carbons (Fsp3) is 0.643. The number of hydrogen-bond donors (Lipinski definition) is 1. The SMILES string of the molecule is CN(Cc1ccc(Cl)s1)C(=O)C1C2CCC(C2)C1N. The van der Waals surface area contributed by atoms with Crippen LogP contribution in [0.1, 0.15) is 24.1 Å². The predicted octanol–water partition coefficient (Wildman–Crippen LogP) is 2.73. The summed E-state index contributed by atoms with van der Waals surface area (Å²) in [6, 6.07) is 3.93. The highest BCUT2D eigenvalue weighted by Crippen LogP contribution is 2.48. The number of halogens is 1. The first-order chi connectivity index (χ1) is 9.06. The molecule has 1 aromatic heterocycles. The third-order valence-corrected chi connectivity index (χ3v) is 5.88. The van der Waals surface area contributed by atoms with Gasteiger partial charge in [0.15, 0.2) is 0 Å². The Morgan fingerprint density at radius 2 is 2.21 bits per heavy atom. The highest BCUT2D eigenvalue weighted by Gasteiger charge is 2.49. The molecule has 5 heteroatoms. The van der Waals surface area contributed by atoms with Gasteiger partial charge in [0.05, 0.1) is 16.8 Å². The van der Waals surface area contributed by atoms with E-state index in [2.05, 4.69) is 0 Å². The van der Waals surface area contributed by atoms with E-state index in [0.29, 0.717) is 18.4 Å². The van der Waals surface area contributed by atoms with Gasteiger partial charge in [-0.05, 0) is 43.2 Å². The Balaban J connectivity index is 1.67. The molecule has 0 aliphatic heterocycles. The van der Waals surface area contributed by atoms with E-state index in [-0.39, 0.29) is 17.9 Å². The van der Waals surface area contributed by atoms with Crippen molar-refractivity contribution in [1.82, 2.24) is 4.90 Å². The average molecular weight is 299 g/mol. The zero-order valence-electron chi connectivity index (χ0n) is 11.0. The molecule has 104 valence electrons. The summed E-state index contributed by atoms with van der Waals surface area (Å²) in [4.78, 5) is 15.5. The minimum Gasteiger partial charge on any atom is -0.340 e. The Bertz CT molecular complexity index is 488. The van der Waals surface area contributed by atoms with Crippen molar-refractivity contribution in [2.24, 2.45) is 23.5 Å². The highest BCUT2D eigenvalue weighted by atomic mass is 35.5. The van der Waals surface area contributed by atoms with Gasteiger partial charge in [-0.2, -0.15) is 0 Å². The van der Waals surface area contributed by atoms with Crippen LogP contribution in [0, 0.1) is 17.8 Å². The standard InChI is InChI=1S/C14H19ClN2OS/c1-17(7-10-4-5-11(15)19-10)14(18)12-8-2-3-9(6-8)13(12)16/h4-5,8-9,12-13H,2-3,6-7,16H2,1H3. The second-order valence-electron chi connectivity index (χ2n) is 5.84. The van der Waals surface area contributed by atoms with Gasteiger partial charge in [-0.1, -0.05) is 11.6 Å². The lowest BCUT2D eigenvalue weighted by Crippen LogP contribution is -2.45. The summed E-state index contributed by atoms with van der Waals surface area (Å²) in [6.07, 6.45) is 3.53. The quantitative estimate of drug-likeness (QED) is 0.932. The van der Waals surface area contributed by atoms with Gasteiger partial charge in [-0.3, -0.25) is 4.79 Å². The number of nitrogens with two attached hydrogens (primary N) is 1. The number of fused-ring (bicyclic) bond motifs is 2. The van der Waals surface area contributed by atoms with Crippen LogP contribution in [-0.4, -0.2) is 23.9 Å². The van der Waals surface area contributed by atoms with E-state index >= 15 is 0 Å². The van der Waals surface area contributed by atoms with Gasteiger partial charge in [-0.25, -0.2) is 0 Å². The number of nitrogens with zero attached hydrogens (tertiary/aromatic N) is 1. The summed E-state index contributed by atoms with van der Waals surface area (Å²) < 4.78 is 0.771. The minimum atomic E-state index is 0.0409. The van der Waals surface area contributed by atoms with Crippen molar-refractivity contribution in [2.75, 3.05) is 7.05 Å². The van der Waals surface area contributed by atoms with Crippen molar-refractivity contribution in [3.05, 3.63) is 21.3 Å². The molecular weight excluding hydrogens is 280 g/mol. The molecule has 1 aromatic rings. The molecule has 1 amide bonds. The van der Waals surface area contributed by atoms with Gasteiger partial charge < -0.3 is 10.6 Å². The molecule has 4 unspecified atom stereocenters. The molecule has 2 fully saturated rings. The molecular formula is C14H19ClN2OS. The number of hydrogen-bond acceptors (Lipinski definition) is 3. The predicted molar refractivity (Wildman–Crippen MR) is 78.1 cm³/mol. The Labute approximate surface area is 122 Å². The largest absolute Gasteiger partial charge is 0.340 e. The topological polar surface area (TPSA) is 46.3 Å². The molecule has 0 aromatic carbocycles. The molecule has 2 bridgehead atoms. The Morgan fingerprint density at radius 1 is 1.47 bits per heavy atom. The minimum absolute atomic E-state index is 0.0409. The van der Waals surface area contributed by atoms with Gasteiger partial charge in [0.2, 0.25) is 5.91 Å². The summed E-state index contributed by atoms with van der Waals surface area (Å²) in [5.74, 6) is 1.34. The van der Waals surface area contributed by atoms with E-state index in [1.54, 1.807) is 0 Å². The lowest BCUT2D eigenvalue weighted by atomic mass is 9.84. The summed E-state index contributed by atoms with van der Waals surface area (Å²) in [5, 5.41) is 0. The lowest BCUT2D eigenvalue weighted by molar-refractivity contribution is -0.136. The Morgan fingerprint density at radius 3 is 2.79 bits per heavy atom. The van der Waals surface area contributed by atoms with Gasteiger partial charge >= 0.3 is 0 Å². The van der Waals surface area contributed by atoms with Crippen LogP contribution in [0.15, 0.2) is 12.1 Å². The van der Waals surface area contributed by atoms with Crippen molar-refractivity contribution >= 4 is 28.8 Å². The van der Waals surface area contributed by atoms with Crippen molar-refractivity contribution in [2.45, 2.75) is 31.8 Å². The van der Waals surface area contributed by atoms with Crippen molar-refractivity contribution in [1.29, 1.82) is 0 Å². The molecule has 3 rings (SSSR count). The van der Waals surface area contributed by atoms with Gasteiger partial charge in [-0.15, -0.1) is 11.3 Å². The molecule has 2 aliphatic rings. The first kappa shape index (κ1) is 13.4. The van der Waals surface area contributed by atoms with E-state index in [1.165, 1.54) is 24.2 Å². The number of rotatable bonds is 3. The van der Waals surface area contributed by atoms with Crippen LogP contribution in [0.5, 0.6) is 0 Å². The monoisotopic (exact) mass is 298 g/mol. The summed E-state index contributed by atoms with van der Waals surface area (Å²) in [7, 11) is 1.87. The first-order valence-electron chi connectivity index (χ1n) is 6.81. The van der Waals surface area contributed by atoms with E-state index in [1.807, 2.05) is 24.1 Å². The van der Waals surface area contributed by atoms with E-state index in [4.69, 9.17) is 17.3 Å². The van der Waals surface area contributed by atoms with Crippen molar-refractivity contribution < 1.29 is 4.79 Å². The van der Waals surface area contributed by atoms with Crippen LogP contribution in [-0.2, 0) is 11.3 Å². The van der Waals surface area contributed by atoms with Gasteiger partial charge in [0, 0.05) is 18.0 Å². The third-order valence-electron chi connectivity index (χ3n) is 4.66. The smallest absolute Gasteiger partial charge is 0.227 e. The third kappa shape index (κ3) is 2.41. The zero-order chi connectivity index (χ0) is 13.6. The van der Waals surface area contributed by atoms with Crippen molar-refractivity contribution in [3.63, 3.8) is 0 Å². The number of carbonyl (C=O) groups is 1. The lowest BCUT2D eigenvalue weighted by Gasteiger charge is -2.30. The molecule has 0 radical (unpaired) electrons. The number of thiophene rings is 1. The molecule has 2 aliphatic carbocycles. The Kier molecular flexibility index (Phi) is 3.58. The molecule has 2 N–H and O–H groups in total. The number of amides is 1. The summed E-state index contributed by atoms with van der Waals surface area (Å²) >= 11 is 7.45. The fourth-order valence-electron chi connectivity index (χ4n) is 3.71. The second kappa shape index (κ2) is 5.08. The maximum absolute atomic E-state index is 12.6. The van der Waals surface area contributed by atoms with Crippen LogP contribution in [0.3, 0.4) is 0 Å². The van der Waals surface area contributed by atoms with E-state index < -0.39 is 0 Å². The maximum atomic E-state index is 12.6. The molecule has 2 saturated carbocycles. The summed E-state index contributed by atoms with van der Waals surface area (Å²) in [5.41, 5.74) is 6.23. The second-order valence-corrected chi connectivity index (χ2v) is 7.64. The van der Waals surface area contributed by atoms with Crippen LogP contribution in [0.25, 0.3) is 0 Å². The van der Waals surface area contributed by atoms with Crippen LogP contribution < -0.4 is 5.73 Å². The Hall–Kier alpha value is -0.580. The summed E-state index contributed by atoms with van der Waals surface area (Å²) in [6.45, 7) is 0.636. The molecule has 4 atom stereocenters. The van der Waals surface area contributed by atoms with E-state index in [0.717, 1.165) is 15.6 Å². The maximum Gasteiger partial charge on any atom is 0.227 e.